The van der Waals surface area contributed by atoms with Crippen LogP contribution in [0.3, 0.4) is 0 Å². The molecule has 32 heavy (non-hydrogen) atoms. The maximum absolute atomic E-state index is 11.7. The number of amides is 1. The number of hydrogen-bond acceptors (Lipinski definition) is 5. The molecule has 1 heterocycles. The van der Waals surface area contributed by atoms with E-state index < -0.39 is 15.9 Å². The van der Waals surface area contributed by atoms with E-state index in [0.717, 1.165) is 44.3 Å². The number of hydrogen-bond donors (Lipinski definition) is 2. The first-order chi connectivity index (χ1) is 15.4. The van der Waals surface area contributed by atoms with E-state index in [-0.39, 0.29) is 0 Å². The minimum atomic E-state index is -3.54. The fraction of sp³-hybridized carbons (Fsp3) is 0.400. The lowest BCUT2D eigenvalue weighted by molar-refractivity contribution is -0.114. The molecule has 2 aromatic carbocycles. The van der Waals surface area contributed by atoms with Gasteiger partial charge in [0.15, 0.2) is 0 Å². The van der Waals surface area contributed by atoms with Gasteiger partial charge < -0.3 is 5.32 Å². The molecule has 1 aliphatic heterocycles. The van der Waals surface area contributed by atoms with E-state index >= 15 is 0 Å². The molecule has 1 aliphatic carbocycles. The summed E-state index contributed by atoms with van der Waals surface area (Å²) in [4.78, 5) is 14.1. The van der Waals surface area contributed by atoms with Crippen LogP contribution in [0.5, 0.6) is 0 Å². The van der Waals surface area contributed by atoms with Gasteiger partial charge in [0.1, 0.15) is 0 Å². The zero-order chi connectivity index (χ0) is 22.6. The first-order valence-electron chi connectivity index (χ1n) is 11.2. The van der Waals surface area contributed by atoms with Crippen molar-refractivity contribution in [2.75, 3.05) is 19.3 Å². The van der Waals surface area contributed by atoms with Crippen molar-refractivity contribution >= 4 is 22.0 Å². The van der Waals surface area contributed by atoms with Gasteiger partial charge in [-0.05, 0) is 55.1 Å². The Labute approximate surface area is 190 Å². The standard InChI is InChI=1S/C25H31N3O3S/c1-32(30,31)27-25(29)11-10-19-6-5-7-20(16-19)18-28-14-12-22(13-15-28)26-24-17-23(24)21-8-3-2-4-9-21/h2-11,16,22-24,26H,12-15,17-18H2,1H3,(H,27,29). The average Bonchev–Trinajstić information content (AvgIpc) is 3.53. The van der Waals surface area contributed by atoms with E-state index in [1.54, 1.807) is 6.08 Å². The van der Waals surface area contributed by atoms with E-state index in [4.69, 9.17) is 0 Å². The summed E-state index contributed by atoms with van der Waals surface area (Å²) in [5.74, 6) is 0.0298. The molecule has 170 valence electrons. The van der Waals surface area contributed by atoms with E-state index in [9.17, 15) is 13.2 Å². The van der Waals surface area contributed by atoms with Gasteiger partial charge >= 0.3 is 0 Å². The number of nitrogens with one attached hydrogen (secondary N) is 2. The van der Waals surface area contributed by atoms with Crippen molar-refractivity contribution in [3.05, 3.63) is 77.4 Å². The molecule has 2 N–H and O–H groups in total. The first-order valence-corrected chi connectivity index (χ1v) is 13.1. The summed E-state index contributed by atoms with van der Waals surface area (Å²) in [6.45, 7) is 3.01. The van der Waals surface area contributed by atoms with Crippen LogP contribution in [0.2, 0.25) is 0 Å². The number of carbonyl (C=O) groups excluding carboxylic acids is 1. The molecule has 0 spiro atoms. The third-order valence-electron chi connectivity index (χ3n) is 6.13. The SMILES string of the molecule is CS(=O)(=O)NC(=O)C=Cc1cccc(CN2CCC(NC3CC3c3ccccc3)CC2)c1. The van der Waals surface area contributed by atoms with Crippen LogP contribution < -0.4 is 10.0 Å². The second kappa shape index (κ2) is 9.98. The molecule has 2 unspecified atom stereocenters. The summed E-state index contributed by atoms with van der Waals surface area (Å²) in [5, 5.41) is 3.86. The van der Waals surface area contributed by atoms with Crippen molar-refractivity contribution in [2.45, 2.75) is 43.8 Å². The summed E-state index contributed by atoms with van der Waals surface area (Å²) in [7, 11) is -3.54. The molecule has 6 nitrogen and oxygen atoms in total. The van der Waals surface area contributed by atoms with E-state index in [2.05, 4.69) is 46.6 Å². The van der Waals surface area contributed by atoms with Crippen LogP contribution in [0.4, 0.5) is 0 Å². The van der Waals surface area contributed by atoms with Crippen molar-refractivity contribution in [1.82, 2.24) is 14.9 Å². The van der Waals surface area contributed by atoms with Gasteiger partial charge in [-0.2, -0.15) is 0 Å². The minimum Gasteiger partial charge on any atom is -0.311 e. The molecule has 0 radical (unpaired) electrons. The Morgan fingerprint density at radius 2 is 1.84 bits per heavy atom. The fourth-order valence-electron chi connectivity index (χ4n) is 4.45. The molecule has 1 saturated carbocycles. The highest BCUT2D eigenvalue weighted by Crippen LogP contribution is 2.41. The topological polar surface area (TPSA) is 78.5 Å². The first kappa shape index (κ1) is 22.7. The number of sulfonamides is 1. The van der Waals surface area contributed by atoms with Gasteiger partial charge in [-0.15, -0.1) is 0 Å². The highest BCUT2D eigenvalue weighted by Gasteiger charge is 2.39. The van der Waals surface area contributed by atoms with Gasteiger partial charge in [0.05, 0.1) is 6.26 Å². The van der Waals surface area contributed by atoms with Gasteiger partial charge in [0, 0.05) is 30.6 Å². The summed E-state index contributed by atoms with van der Waals surface area (Å²) in [6, 6.07) is 20.0. The van der Waals surface area contributed by atoms with Crippen LogP contribution in [0.1, 0.15) is 41.9 Å². The second-order valence-electron chi connectivity index (χ2n) is 8.89. The van der Waals surface area contributed by atoms with Crippen molar-refractivity contribution in [1.29, 1.82) is 0 Å². The lowest BCUT2D eigenvalue weighted by Crippen LogP contribution is -2.43. The van der Waals surface area contributed by atoms with Crippen molar-refractivity contribution in [2.24, 2.45) is 0 Å². The molecule has 0 aromatic heterocycles. The van der Waals surface area contributed by atoms with Crippen molar-refractivity contribution < 1.29 is 13.2 Å². The predicted octanol–water partition coefficient (Wildman–Crippen LogP) is 2.89. The molecule has 1 amide bonds. The van der Waals surface area contributed by atoms with Gasteiger partial charge in [-0.25, -0.2) is 13.1 Å². The number of likely N-dealkylation sites (tertiary alicyclic amines) is 1. The zero-order valence-electron chi connectivity index (χ0n) is 18.4. The molecule has 2 atom stereocenters. The molecule has 2 fully saturated rings. The Bertz CT molecular complexity index is 1060. The van der Waals surface area contributed by atoms with Gasteiger partial charge in [0.25, 0.3) is 5.91 Å². The van der Waals surface area contributed by atoms with E-state index in [1.807, 2.05) is 22.9 Å². The van der Waals surface area contributed by atoms with Crippen LogP contribution in [-0.2, 0) is 21.4 Å². The van der Waals surface area contributed by atoms with Crippen LogP contribution in [-0.4, -0.2) is 50.7 Å². The lowest BCUT2D eigenvalue weighted by atomic mass is 10.0. The maximum Gasteiger partial charge on any atom is 0.257 e. The summed E-state index contributed by atoms with van der Waals surface area (Å²) < 4.78 is 24.2. The van der Waals surface area contributed by atoms with E-state index in [1.165, 1.54) is 23.6 Å². The number of benzene rings is 2. The Morgan fingerprint density at radius 3 is 2.56 bits per heavy atom. The van der Waals surface area contributed by atoms with Crippen LogP contribution in [0.15, 0.2) is 60.7 Å². The van der Waals surface area contributed by atoms with Gasteiger partial charge in [0.2, 0.25) is 10.0 Å². The Kier molecular flexibility index (Phi) is 7.08. The molecule has 2 aliphatic rings. The predicted molar refractivity (Wildman–Crippen MR) is 127 cm³/mol. The molecular weight excluding hydrogens is 422 g/mol. The average molecular weight is 454 g/mol. The smallest absolute Gasteiger partial charge is 0.257 e. The number of piperidine rings is 1. The quantitative estimate of drug-likeness (QED) is 0.601. The molecular formula is C25H31N3O3S. The molecule has 1 saturated heterocycles. The van der Waals surface area contributed by atoms with Gasteiger partial charge in [-0.3, -0.25) is 9.69 Å². The van der Waals surface area contributed by atoms with E-state index in [0.29, 0.717) is 18.0 Å². The molecule has 0 bridgehead atoms. The van der Waals surface area contributed by atoms with Crippen LogP contribution in [0.25, 0.3) is 6.08 Å². The summed E-state index contributed by atoms with van der Waals surface area (Å²) in [6.07, 6.45) is 7.40. The molecule has 7 heteroatoms. The highest BCUT2D eigenvalue weighted by atomic mass is 32.2. The monoisotopic (exact) mass is 453 g/mol. The summed E-state index contributed by atoms with van der Waals surface area (Å²) in [5.41, 5.74) is 3.52. The second-order valence-corrected chi connectivity index (χ2v) is 10.6. The summed E-state index contributed by atoms with van der Waals surface area (Å²) >= 11 is 0. The fourth-order valence-corrected chi connectivity index (χ4v) is 4.88. The third-order valence-corrected chi connectivity index (χ3v) is 6.70. The number of carbonyl (C=O) groups is 1. The number of rotatable bonds is 8. The normalized spacial score (nSPS) is 22.2. The molecule has 4 rings (SSSR count). The Balaban J connectivity index is 1.22. The lowest BCUT2D eigenvalue weighted by Gasteiger charge is -2.32. The van der Waals surface area contributed by atoms with Crippen molar-refractivity contribution in [3.8, 4) is 0 Å². The van der Waals surface area contributed by atoms with Crippen molar-refractivity contribution in [3.63, 3.8) is 0 Å². The Hall–Kier alpha value is -2.48. The van der Waals surface area contributed by atoms with Crippen LogP contribution >= 0.6 is 0 Å². The maximum atomic E-state index is 11.7. The largest absolute Gasteiger partial charge is 0.311 e. The molecule has 2 aromatic rings. The minimum absolute atomic E-state index is 0.590. The number of nitrogens with zero attached hydrogens (tertiary/aromatic N) is 1. The zero-order valence-corrected chi connectivity index (χ0v) is 19.2. The third kappa shape index (κ3) is 6.76. The van der Waals surface area contributed by atoms with Crippen LogP contribution in [0, 0.1) is 0 Å². The van der Waals surface area contributed by atoms with Gasteiger partial charge in [-0.1, -0.05) is 54.6 Å². The Morgan fingerprint density at radius 1 is 1.09 bits per heavy atom. The highest BCUT2D eigenvalue weighted by molar-refractivity contribution is 7.89.